The molecule has 0 aliphatic carbocycles. The Morgan fingerprint density at radius 2 is 2.00 bits per heavy atom. The van der Waals surface area contributed by atoms with E-state index in [9.17, 15) is 0 Å². The average molecular weight is 215 g/mol. The molecule has 1 heterocycles. The lowest BCUT2D eigenvalue weighted by atomic mass is 10.2. The van der Waals surface area contributed by atoms with Gasteiger partial charge in [-0.15, -0.1) is 0 Å². The number of nitrogens with zero attached hydrogens (tertiary/aromatic N) is 1. The van der Waals surface area contributed by atoms with Crippen LogP contribution in [0, 0.1) is 0 Å². The van der Waals surface area contributed by atoms with Gasteiger partial charge in [-0.2, -0.15) is 0 Å². The zero-order chi connectivity index (χ0) is 11.2. The van der Waals surface area contributed by atoms with Crippen LogP contribution in [0.4, 0.5) is 0 Å². The van der Waals surface area contributed by atoms with Crippen LogP contribution in [0.5, 0.6) is 0 Å². The van der Waals surface area contributed by atoms with Crippen LogP contribution in [-0.4, -0.2) is 5.71 Å². The third kappa shape index (κ3) is 2.73. The summed E-state index contributed by atoms with van der Waals surface area (Å²) in [4.78, 5) is 5.23. The molecule has 0 N–H and O–H groups in total. The summed E-state index contributed by atoms with van der Waals surface area (Å²) in [6.45, 7) is 2.32. The predicted molar refractivity (Wildman–Crippen MR) is 62.2 cm³/mol. The van der Waals surface area contributed by atoms with E-state index in [-0.39, 0.29) is 0 Å². The van der Waals surface area contributed by atoms with Crippen LogP contribution in [0.2, 0.25) is 0 Å². The summed E-state index contributed by atoms with van der Waals surface area (Å²) in [6.07, 6.45) is 1.62. The zero-order valence-corrected chi connectivity index (χ0v) is 9.09. The summed E-state index contributed by atoms with van der Waals surface area (Å²) in [5, 5.41) is 3.98. The highest BCUT2D eigenvalue weighted by Crippen LogP contribution is 2.04. The van der Waals surface area contributed by atoms with Crippen LogP contribution in [0.25, 0.3) is 0 Å². The maximum atomic E-state index is 5.23. The zero-order valence-electron chi connectivity index (χ0n) is 9.09. The Morgan fingerprint density at radius 1 is 1.19 bits per heavy atom. The van der Waals surface area contributed by atoms with Gasteiger partial charge in [0.15, 0.2) is 5.76 Å². The highest BCUT2D eigenvalue weighted by Gasteiger charge is 1.99. The first-order chi connectivity index (χ1) is 7.86. The van der Waals surface area contributed by atoms with E-state index in [1.54, 1.807) is 6.26 Å². The fourth-order valence-corrected chi connectivity index (χ4v) is 1.31. The van der Waals surface area contributed by atoms with Gasteiger partial charge in [0.2, 0.25) is 0 Å². The SMILES string of the molecule is C/C(=N\OCc1ccccc1)c1ccco1. The quantitative estimate of drug-likeness (QED) is 0.579. The molecule has 0 atom stereocenters. The normalized spacial score (nSPS) is 11.4. The monoisotopic (exact) mass is 215 g/mol. The van der Waals surface area contributed by atoms with Crippen LogP contribution in [0.3, 0.4) is 0 Å². The molecule has 0 spiro atoms. The van der Waals surface area contributed by atoms with Crippen molar-refractivity contribution in [3.05, 3.63) is 60.1 Å². The summed E-state index contributed by atoms with van der Waals surface area (Å²) in [7, 11) is 0. The summed E-state index contributed by atoms with van der Waals surface area (Å²) >= 11 is 0. The van der Waals surface area contributed by atoms with Crippen LogP contribution >= 0.6 is 0 Å². The van der Waals surface area contributed by atoms with Gasteiger partial charge in [-0.05, 0) is 24.6 Å². The van der Waals surface area contributed by atoms with Crippen LogP contribution in [0.1, 0.15) is 18.2 Å². The first kappa shape index (κ1) is 10.5. The van der Waals surface area contributed by atoms with Crippen LogP contribution in [0.15, 0.2) is 58.3 Å². The standard InChI is InChI=1S/C13H13NO2/c1-11(13-8-5-9-15-13)14-16-10-12-6-3-2-4-7-12/h2-9H,10H2,1H3/b14-11+. The molecule has 1 aromatic heterocycles. The largest absolute Gasteiger partial charge is 0.463 e. The molecule has 3 nitrogen and oxygen atoms in total. The summed E-state index contributed by atoms with van der Waals surface area (Å²) in [5.74, 6) is 0.730. The number of rotatable bonds is 4. The maximum absolute atomic E-state index is 5.23. The molecule has 1 aromatic carbocycles. The first-order valence-electron chi connectivity index (χ1n) is 5.10. The van der Waals surface area contributed by atoms with Gasteiger partial charge in [0.1, 0.15) is 12.3 Å². The van der Waals surface area contributed by atoms with E-state index in [4.69, 9.17) is 9.25 Å². The van der Waals surface area contributed by atoms with Crippen molar-refractivity contribution in [2.75, 3.05) is 0 Å². The molecule has 0 aliphatic heterocycles. The minimum atomic E-state index is 0.471. The topological polar surface area (TPSA) is 34.7 Å². The lowest BCUT2D eigenvalue weighted by Crippen LogP contribution is -1.94. The molecule has 0 amide bonds. The maximum Gasteiger partial charge on any atom is 0.151 e. The van der Waals surface area contributed by atoms with Crippen molar-refractivity contribution in [1.82, 2.24) is 0 Å². The molecule has 0 bridgehead atoms. The molecular weight excluding hydrogens is 202 g/mol. The molecule has 0 radical (unpaired) electrons. The Labute approximate surface area is 94.3 Å². The van der Waals surface area contributed by atoms with Gasteiger partial charge < -0.3 is 9.25 Å². The van der Waals surface area contributed by atoms with Crippen molar-refractivity contribution in [2.24, 2.45) is 5.16 Å². The Kier molecular flexibility index (Phi) is 3.38. The highest BCUT2D eigenvalue weighted by atomic mass is 16.6. The Morgan fingerprint density at radius 3 is 2.69 bits per heavy atom. The third-order valence-corrected chi connectivity index (χ3v) is 2.15. The molecule has 0 unspecified atom stereocenters. The predicted octanol–water partition coefficient (Wildman–Crippen LogP) is 3.22. The van der Waals surface area contributed by atoms with Crippen molar-refractivity contribution in [1.29, 1.82) is 0 Å². The summed E-state index contributed by atoms with van der Waals surface area (Å²) in [6, 6.07) is 13.6. The molecule has 0 saturated carbocycles. The summed E-state index contributed by atoms with van der Waals surface area (Å²) < 4.78 is 5.19. The fourth-order valence-electron chi connectivity index (χ4n) is 1.31. The molecule has 2 rings (SSSR count). The molecule has 16 heavy (non-hydrogen) atoms. The molecule has 0 aliphatic rings. The van der Waals surface area contributed by atoms with Crippen LogP contribution in [-0.2, 0) is 11.4 Å². The molecule has 0 fully saturated rings. The van der Waals surface area contributed by atoms with Crippen LogP contribution < -0.4 is 0 Å². The second-order valence-electron chi connectivity index (χ2n) is 3.41. The molecule has 3 heteroatoms. The van der Waals surface area contributed by atoms with E-state index in [2.05, 4.69) is 5.16 Å². The molecular formula is C13H13NO2. The third-order valence-electron chi connectivity index (χ3n) is 2.15. The van der Waals surface area contributed by atoms with Crippen molar-refractivity contribution in [2.45, 2.75) is 13.5 Å². The Hall–Kier alpha value is -2.03. The van der Waals surface area contributed by atoms with Gasteiger partial charge in [-0.1, -0.05) is 35.5 Å². The van der Waals surface area contributed by atoms with E-state index in [0.717, 1.165) is 17.0 Å². The van der Waals surface area contributed by atoms with Gasteiger partial charge in [0.25, 0.3) is 0 Å². The Bertz CT molecular complexity index is 446. The van der Waals surface area contributed by atoms with Gasteiger partial charge >= 0.3 is 0 Å². The smallest absolute Gasteiger partial charge is 0.151 e. The lowest BCUT2D eigenvalue weighted by molar-refractivity contribution is 0.130. The van der Waals surface area contributed by atoms with E-state index < -0.39 is 0 Å². The van der Waals surface area contributed by atoms with Crippen molar-refractivity contribution < 1.29 is 9.25 Å². The fraction of sp³-hybridized carbons (Fsp3) is 0.154. The van der Waals surface area contributed by atoms with E-state index in [0.29, 0.717) is 6.61 Å². The number of benzene rings is 1. The van der Waals surface area contributed by atoms with E-state index in [1.165, 1.54) is 0 Å². The highest BCUT2D eigenvalue weighted by molar-refractivity contribution is 5.95. The van der Waals surface area contributed by atoms with Gasteiger partial charge in [0.05, 0.1) is 6.26 Å². The Balaban J connectivity index is 1.90. The lowest BCUT2D eigenvalue weighted by Gasteiger charge is -2.00. The minimum absolute atomic E-state index is 0.471. The first-order valence-corrected chi connectivity index (χ1v) is 5.10. The molecule has 0 saturated heterocycles. The summed E-state index contributed by atoms with van der Waals surface area (Å²) in [5.41, 5.74) is 1.83. The minimum Gasteiger partial charge on any atom is -0.463 e. The van der Waals surface area contributed by atoms with Crippen molar-refractivity contribution in [3.8, 4) is 0 Å². The van der Waals surface area contributed by atoms with Gasteiger partial charge in [-0.3, -0.25) is 0 Å². The number of hydrogen-bond acceptors (Lipinski definition) is 3. The molecule has 2 aromatic rings. The van der Waals surface area contributed by atoms with Crippen molar-refractivity contribution in [3.63, 3.8) is 0 Å². The average Bonchev–Trinajstić information content (AvgIpc) is 2.84. The van der Waals surface area contributed by atoms with Gasteiger partial charge in [0, 0.05) is 0 Å². The second kappa shape index (κ2) is 5.16. The number of hydrogen-bond donors (Lipinski definition) is 0. The number of furan rings is 1. The van der Waals surface area contributed by atoms with Crippen molar-refractivity contribution >= 4 is 5.71 Å². The molecule has 82 valence electrons. The van der Waals surface area contributed by atoms with Gasteiger partial charge in [-0.25, -0.2) is 0 Å². The van der Waals surface area contributed by atoms with E-state index >= 15 is 0 Å². The van der Waals surface area contributed by atoms with E-state index in [1.807, 2.05) is 49.4 Å². The number of oxime groups is 1. The second-order valence-corrected chi connectivity index (χ2v) is 3.41.